The maximum absolute atomic E-state index is 13.1. The summed E-state index contributed by atoms with van der Waals surface area (Å²) in [7, 11) is 1.53. The number of nitrogens with zero attached hydrogens (tertiary/aromatic N) is 1. The summed E-state index contributed by atoms with van der Waals surface area (Å²) in [6, 6.07) is 3.65. The van der Waals surface area contributed by atoms with E-state index >= 15 is 0 Å². The van der Waals surface area contributed by atoms with Crippen molar-refractivity contribution in [2.45, 2.75) is 0 Å². The van der Waals surface area contributed by atoms with E-state index in [0.717, 1.165) is 6.07 Å². The van der Waals surface area contributed by atoms with Crippen LogP contribution >= 0.6 is 0 Å². The van der Waals surface area contributed by atoms with Crippen LogP contribution in [0.4, 0.5) is 4.39 Å². The number of hydrogen-bond acceptors (Lipinski definition) is 3. The minimum Gasteiger partial charge on any atom is -0.395 e. The molecular formula is C13H14FNO3. The van der Waals surface area contributed by atoms with E-state index in [-0.39, 0.29) is 36.8 Å². The van der Waals surface area contributed by atoms with Crippen LogP contribution in [0.1, 0.15) is 15.9 Å². The normalized spacial score (nSPS) is 9.56. The van der Waals surface area contributed by atoms with E-state index in [2.05, 4.69) is 11.8 Å². The molecule has 0 fully saturated rings. The highest BCUT2D eigenvalue weighted by Gasteiger charge is 2.15. The van der Waals surface area contributed by atoms with Crippen molar-refractivity contribution in [2.75, 3.05) is 26.8 Å². The van der Waals surface area contributed by atoms with Gasteiger partial charge in [-0.2, -0.15) is 0 Å². The number of benzene rings is 1. The lowest BCUT2D eigenvalue weighted by atomic mass is 10.1. The molecule has 0 unspecified atom stereocenters. The predicted octanol–water partition coefficient (Wildman–Crippen LogP) is 0.234. The van der Waals surface area contributed by atoms with E-state index in [1.807, 2.05) is 0 Å². The second kappa shape index (κ2) is 6.74. The number of halogens is 1. The number of carbonyl (C=O) groups is 1. The van der Waals surface area contributed by atoms with Gasteiger partial charge in [0.2, 0.25) is 0 Å². The van der Waals surface area contributed by atoms with Crippen LogP contribution in [0.25, 0.3) is 0 Å². The minimum atomic E-state index is -0.501. The number of carbonyl (C=O) groups excluding carboxylic acids is 1. The van der Waals surface area contributed by atoms with Gasteiger partial charge in [-0.3, -0.25) is 4.79 Å². The highest BCUT2D eigenvalue weighted by Crippen LogP contribution is 2.12. The lowest BCUT2D eigenvalue weighted by Gasteiger charge is -2.16. The fourth-order valence-corrected chi connectivity index (χ4v) is 1.40. The number of likely N-dealkylation sites (N-methyl/N-ethyl adjacent to an activating group) is 1. The molecule has 0 aromatic heterocycles. The number of amides is 1. The molecule has 0 radical (unpaired) electrons. The van der Waals surface area contributed by atoms with E-state index in [4.69, 9.17) is 10.2 Å². The minimum absolute atomic E-state index is 0.152. The SMILES string of the molecule is CN(CCO)C(=O)c1ccc(F)cc1C#CCO. The summed E-state index contributed by atoms with van der Waals surface area (Å²) in [6.45, 7) is -0.333. The quantitative estimate of drug-likeness (QED) is 0.756. The number of aliphatic hydroxyl groups is 2. The highest BCUT2D eigenvalue weighted by atomic mass is 19.1. The third kappa shape index (κ3) is 3.55. The first-order valence-electron chi connectivity index (χ1n) is 5.35. The Hall–Kier alpha value is -1.90. The maximum Gasteiger partial charge on any atom is 0.254 e. The van der Waals surface area contributed by atoms with Crippen molar-refractivity contribution in [3.8, 4) is 11.8 Å². The Morgan fingerprint density at radius 2 is 2.17 bits per heavy atom. The first-order chi connectivity index (χ1) is 8.60. The lowest BCUT2D eigenvalue weighted by Crippen LogP contribution is -2.30. The Labute approximate surface area is 105 Å². The van der Waals surface area contributed by atoms with E-state index in [0.29, 0.717) is 0 Å². The van der Waals surface area contributed by atoms with Gasteiger partial charge in [0.1, 0.15) is 12.4 Å². The molecule has 0 aliphatic carbocycles. The molecule has 2 N–H and O–H groups in total. The Bertz CT molecular complexity index is 491. The standard InChI is InChI=1S/C13H14FNO3/c1-15(6-8-17)13(18)12-5-4-11(14)9-10(12)3-2-7-16/h4-5,9,16-17H,6-8H2,1H3. The van der Waals surface area contributed by atoms with Crippen LogP contribution in [0.5, 0.6) is 0 Å². The van der Waals surface area contributed by atoms with Gasteiger partial charge in [0, 0.05) is 19.2 Å². The first-order valence-corrected chi connectivity index (χ1v) is 5.35. The van der Waals surface area contributed by atoms with Gasteiger partial charge in [-0.15, -0.1) is 0 Å². The summed E-state index contributed by atoms with van der Waals surface area (Å²) in [5.41, 5.74) is 0.465. The van der Waals surface area contributed by atoms with Crippen molar-refractivity contribution in [3.63, 3.8) is 0 Å². The zero-order chi connectivity index (χ0) is 13.5. The summed E-state index contributed by atoms with van der Waals surface area (Å²) < 4.78 is 13.1. The van der Waals surface area contributed by atoms with E-state index in [1.165, 1.54) is 24.1 Å². The maximum atomic E-state index is 13.1. The van der Waals surface area contributed by atoms with Crippen LogP contribution in [0.3, 0.4) is 0 Å². The molecule has 0 saturated heterocycles. The molecule has 0 aliphatic heterocycles. The highest BCUT2D eigenvalue weighted by molar-refractivity contribution is 5.96. The number of rotatable bonds is 3. The van der Waals surface area contributed by atoms with Crippen molar-refractivity contribution < 1.29 is 19.4 Å². The average molecular weight is 251 g/mol. The third-order valence-corrected chi connectivity index (χ3v) is 2.30. The average Bonchev–Trinajstić information content (AvgIpc) is 2.36. The molecule has 96 valence electrons. The molecule has 1 aromatic carbocycles. The molecule has 0 atom stereocenters. The molecule has 1 rings (SSSR count). The van der Waals surface area contributed by atoms with Gasteiger partial charge in [0.25, 0.3) is 5.91 Å². The van der Waals surface area contributed by atoms with Crippen molar-refractivity contribution >= 4 is 5.91 Å². The van der Waals surface area contributed by atoms with Crippen molar-refractivity contribution in [1.29, 1.82) is 0 Å². The monoisotopic (exact) mass is 251 g/mol. The molecule has 0 aliphatic rings. The summed E-state index contributed by atoms with van der Waals surface area (Å²) in [4.78, 5) is 13.3. The summed E-state index contributed by atoms with van der Waals surface area (Å²) in [5.74, 6) is 4.05. The smallest absolute Gasteiger partial charge is 0.254 e. The zero-order valence-corrected chi connectivity index (χ0v) is 9.98. The van der Waals surface area contributed by atoms with Crippen LogP contribution in [-0.2, 0) is 0 Å². The lowest BCUT2D eigenvalue weighted by molar-refractivity contribution is 0.0766. The third-order valence-electron chi connectivity index (χ3n) is 2.30. The largest absolute Gasteiger partial charge is 0.395 e. The van der Waals surface area contributed by atoms with Crippen LogP contribution in [-0.4, -0.2) is 47.8 Å². The first kappa shape index (κ1) is 14.2. The van der Waals surface area contributed by atoms with Gasteiger partial charge in [-0.05, 0) is 18.2 Å². The Balaban J connectivity index is 3.11. The van der Waals surface area contributed by atoms with E-state index < -0.39 is 5.82 Å². The topological polar surface area (TPSA) is 60.8 Å². The molecule has 4 nitrogen and oxygen atoms in total. The molecule has 18 heavy (non-hydrogen) atoms. The molecule has 0 saturated carbocycles. The number of hydrogen-bond donors (Lipinski definition) is 2. The van der Waals surface area contributed by atoms with E-state index in [9.17, 15) is 9.18 Å². The van der Waals surface area contributed by atoms with Crippen molar-refractivity contribution in [3.05, 3.63) is 35.1 Å². The molecule has 1 aromatic rings. The summed E-state index contributed by atoms with van der Waals surface area (Å²) in [5, 5.41) is 17.4. The zero-order valence-electron chi connectivity index (χ0n) is 9.98. The molecule has 0 bridgehead atoms. The Morgan fingerprint density at radius 1 is 1.44 bits per heavy atom. The van der Waals surface area contributed by atoms with Crippen molar-refractivity contribution in [1.82, 2.24) is 4.90 Å². The van der Waals surface area contributed by atoms with Gasteiger partial charge in [-0.25, -0.2) is 4.39 Å². The van der Waals surface area contributed by atoms with E-state index in [1.54, 1.807) is 0 Å². The van der Waals surface area contributed by atoms with Crippen LogP contribution in [0.15, 0.2) is 18.2 Å². The van der Waals surface area contributed by atoms with Gasteiger partial charge >= 0.3 is 0 Å². The van der Waals surface area contributed by atoms with Gasteiger partial charge in [-0.1, -0.05) is 11.8 Å². The molecule has 5 heteroatoms. The summed E-state index contributed by atoms with van der Waals surface area (Å²) in [6.07, 6.45) is 0. The number of aliphatic hydroxyl groups excluding tert-OH is 2. The molecular weight excluding hydrogens is 237 g/mol. The Kier molecular flexibility index (Phi) is 5.31. The van der Waals surface area contributed by atoms with Crippen molar-refractivity contribution in [2.24, 2.45) is 0 Å². The Morgan fingerprint density at radius 3 is 2.78 bits per heavy atom. The van der Waals surface area contributed by atoms with Crippen LogP contribution < -0.4 is 0 Å². The van der Waals surface area contributed by atoms with Gasteiger partial charge in [0.05, 0.1) is 12.2 Å². The molecule has 1 amide bonds. The molecule has 0 spiro atoms. The van der Waals surface area contributed by atoms with Crippen LogP contribution in [0, 0.1) is 17.7 Å². The second-order valence-corrected chi connectivity index (χ2v) is 3.60. The fourth-order valence-electron chi connectivity index (χ4n) is 1.40. The predicted molar refractivity (Wildman–Crippen MR) is 64.4 cm³/mol. The fraction of sp³-hybridized carbons (Fsp3) is 0.308. The van der Waals surface area contributed by atoms with Gasteiger partial charge < -0.3 is 15.1 Å². The van der Waals surface area contributed by atoms with Gasteiger partial charge in [0.15, 0.2) is 0 Å². The molecule has 0 heterocycles. The van der Waals surface area contributed by atoms with Crippen LogP contribution in [0.2, 0.25) is 0 Å². The summed E-state index contributed by atoms with van der Waals surface area (Å²) >= 11 is 0. The second-order valence-electron chi connectivity index (χ2n) is 3.60.